The fourth-order valence-corrected chi connectivity index (χ4v) is 3.74. The normalized spacial score (nSPS) is 16.8. The first-order valence-electron chi connectivity index (χ1n) is 7.98. The molecule has 0 aliphatic carbocycles. The Morgan fingerprint density at radius 2 is 1.80 bits per heavy atom. The van der Waals surface area contributed by atoms with Crippen molar-refractivity contribution in [3.8, 4) is 0 Å². The maximum Gasteiger partial charge on any atom is 0.284 e. The number of amides is 1. The van der Waals surface area contributed by atoms with Crippen molar-refractivity contribution in [1.29, 1.82) is 0 Å². The number of rotatable bonds is 3. The first-order chi connectivity index (χ1) is 12.2. The molecule has 5 heteroatoms. The summed E-state index contributed by atoms with van der Waals surface area (Å²) < 4.78 is 0. The number of carbonyl (C=O) groups is 1. The van der Waals surface area contributed by atoms with E-state index in [0.717, 1.165) is 16.8 Å². The number of hydrogen-bond acceptors (Lipinski definition) is 3. The average Bonchev–Trinajstić information content (AvgIpc) is 3.33. The van der Waals surface area contributed by atoms with Crippen LogP contribution in [-0.4, -0.2) is 16.6 Å². The summed E-state index contributed by atoms with van der Waals surface area (Å²) in [5, 5.41) is 8.86. The summed E-state index contributed by atoms with van der Waals surface area (Å²) in [6.07, 6.45) is 0.683. The quantitative estimate of drug-likeness (QED) is 0.611. The van der Waals surface area contributed by atoms with Crippen LogP contribution in [0.3, 0.4) is 0 Å². The second-order valence-corrected chi connectivity index (χ2v) is 7.20. The largest absolute Gasteiger partial charge is 0.284 e. The first kappa shape index (κ1) is 16.1. The summed E-state index contributed by atoms with van der Waals surface area (Å²) >= 11 is 7.45. The maximum atomic E-state index is 12.9. The Morgan fingerprint density at radius 3 is 2.48 bits per heavy atom. The molecule has 1 atom stereocenters. The molecular formula is C20H15ClN2OS. The van der Waals surface area contributed by atoms with Gasteiger partial charge in [-0.15, -0.1) is 11.3 Å². The Hall–Kier alpha value is -2.43. The number of thiophene rings is 1. The molecule has 0 saturated carbocycles. The van der Waals surface area contributed by atoms with E-state index in [1.165, 1.54) is 11.3 Å². The van der Waals surface area contributed by atoms with Crippen LogP contribution < -0.4 is 0 Å². The van der Waals surface area contributed by atoms with Crippen LogP contribution in [0.1, 0.15) is 33.3 Å². The molecule has 0 bridgehead atoms. The SMILES string of the molecule is O=C(c1cccs1)N1N=C(c2ccccc2)C[C@H]1c1ccc(Cl)cc1. The van der Waals surface area contributed by atoms with E-state index < -0.39 is 0 Å². The molecule has 0 unspecified atom stereocenters. The maximum absolute atomic E-state index is 12.9. The third kappa shape index (κ3) is 3.23. The van der Waals surface area contributed by atoms with Gasteiger partial charge >= 0.3 is 0 Å². The van der Waals surface area contributed by atoms with Crippen LogP contribution in [-0.2, 0) is 0 Å². The second-order valence-electron chi connectivity index (χ2n) is 5.81. The first-order valence-corrected chi connectivity index (χ1v) is 9.23. The van der Waals surface area contributed by atoms with Crippen LogP contribution in [0.5, 0.6) is 0 Å². The van der Waals surface area contributed by atoms with Gasteiger partial charge < -0.3 is 0 Å². The van der Waals surface area contributed by atoms with Crippen molar-refractivity contribution in [3.05, 3.63) is 93.1 Å². The minimum atomic E-state index is -0.123. The summed E-state index contributed by atoms with van der Waals surface area (Å²) in [6, 6.07) is 21.2. The third-order valence-electron chi connectivity index (χ3n) is 4.21. The van der Waals surface area contributed by atoms with Gasteiger partial charge in [-0.3, -0.25) is 4.79 Å². The zero-order valence-electron chi connectivity index (χ0n) is 13.3. The molecule has 0 spiro atoms. The van der Waals surface area contributed by atoms with Gasteiger partial charge in [0.25, 0.3) is 5.91 Å². The number of nitrogens with zero attached hydrogens (tertiary/aromatic N) is 2. The van der Waals surface area contributed by atoms with E-state index in [1.54, 1.807) is 5.01 Å². The van der Waals surface area contributed by atoms with Crippen LogP contribution in [0, 0.1) is 0 Å². The Morgan fingerprint density at radius 1 is 1.04 bits per heavy atom. The zero-order chi connectivity index (χ0) is 17.2. The lowest BCUT2D eigenvalue weighted by molar-refractivity contribution is 0.0716. The molecular weight excluding hydrogens is 352 g/mol. The summed E-state index contributed by atoms with van der Waals surface area (Å²) in [5.41, 5.74) is 3.00. The highest BCUT2D eigenvalue weighted by molar-refractivity contribution is 7.12. The van der Waals surface area contributed by atoms with Gasteiger partial charge in [0, 0.05) is 11.4 Å². The number of hydrazone groups is 1. The van der Waals surface area contributed by atoms with Crippen molar-refractivity contribution in [2.45, 2.75) is 12.5 Å². The van der Waals surface area contributed by atoms with Crippen molar-refractivity contribution in [1.82, 2.24) is 5.01 Å². The van der Waals surface area contributed by atoms with Crippen LogP contribution in [0.2, 0.25) is 5.02 Å². The predicted octanol–water partition coefficient (Wildman–Crippen LogP) is 5.39. The molecule has 0 saturated heterocycles. The smallest absolute Gasteiger partial charge is 0.266 e. The minimum absolute atomic E-state index is 0.0686. The van der Waals surface area contributed by atoms with Crippen molar-refractivity contribution < 1.29 is 4.79 Å². The lowest BCUT2D eigenvalue weighted by atomic mass is 9.98. The molecule has 3 nitrogen and oxygen atoms in total. The van der Waals surface area contributed by atoms with Crippen LogP contribution in [0.15, 0.2) is 77.2 Å². The fourth-order valence-electron chi connectivity index (χ4n) is 2.96. The zero-order valence-corrected chi connectivity index (χ0v) is 14.9. The standard InChI is InChI=1S/C20H15ClN2OS/c21-16-10-8-15(9-11-16)18-13-17(14-5-2-1-3-6-14)22-23(18)20(24)19-7-4-12-25-19/h1-12,18H,13H2/t18-/m0/s1. The highest BCUT2D eigenvalue weighted by atomic mass is 35.5. The van der Waals surface area contributed by atoms with Crippen LogP contribution in [0.4, 0.5) is 0 Å². The predicted molar refractivity (Wildman–Crippen MR) is 102 cm³/mol. The Kier molecular flexibility index (Phi) is 4.38. The van der Waals surface area contributed by atoms with Crippen molar-refractivity contribution in [2.75, 3.05) is 0 Å². The Bertz CT molecular complexity index is 905. The van der Waals surface area contributed by atoms with Gasteiger partial charge in [-0.2, -0.15) is 5.10 Å². The molecule has 3 aromatic rings. The Balaban J connectivity index is 1.72. The van der Waals surface area contributed by atoms with E-state index in [0.29, 0.717) is 16.3 Å². The molecule has 4 rings (SSSR count). The number of benzene rings is 2. The lowest BCUT2D eigenvalue weighted by Crippen LogP contribution is -2.26. The lowest BCUT2D eigenvalue weighted by Gasteiger charge is -2.21. The minimum Gasteiger partial charge on any atom is -0.266 e. The highest BCUT2D eigenvalue weighted by Crippen LogP contribution is 2.34. The third-order valence-corrected chi connectivity index (χ3v) is 5.32. The van der Waals surface area contributed by atoms with E-state index in [1.807, 2.05) is 72.1 Å². The van der Waals surface area contributed by atoms with E-state index in [2.05, 4.69) is 5.10 Å². The molecule has 1 aromatic heterocycles. The number of carbonyl (C=O) groups excluding carboxylic acids is 1. The van der Waals surface area contributed by atoms with Gasteiger partial charge in [0.15, 0.2) is 0 Å². The Labute approximate surface area is 155 Å². The second kappa shape index (κ2) is 6.82. The number of halogens is 1. The fraction of sp³-hybridized carbons (Fsp3) is 0.100. The summed E-state index contributed by atoms with van der Waals surface area (Å²) in [5.74, 6) is -0.0686. The molecule has 2 aromatic carbocycles. The van der Waals surface area contributed by atoms with Crippen molar-refractivity contribution >= 4 is 34.6 Å². The van der Waals surface area contributed by atoms with E-state index >= 15 is 0 Å². The summed E-state index contributed by atoms with van der Waals surface area (Å²) in [7, 11) is 0. The highest BCUT2D eigenvalue weighted by Gasteiger charge is 2.33. The van der Waals surface area contributed by atoms with Gasteiger partial charge in [-0.1, -0.05) is 60.1 Å². The van der Waals surface area contributed by atoms with Gasteiger partial charge in [0.1, 0.15) is 0 Å². The van der Waals surface area contributed by atoms with E-state index in [4.69, 9.17) is 11.6 Å². The molecule has 1 aliphatic heterocycles. The van der Waals surface area contributed by atoms with E-state index in [9.17, 15) is 4.79 Å². The molecule has 0 radical (unpaired) electrons. The molecule has 25 heavy (non-hydrogen) atoms. The van der Waals surface area contributed by atoms with Gasteiger partial charge in [-0.05, 0) is 34.7 Å². The van der Waals surface area contributed by atoms with E-state index in [-0.39, 0.29) is 11.9 Å². The topological polar surface area (TPSA) is 32.7 Å². The van der Waals surface area contributed by atoms with Gasteiger partial charge in [0.2, 0.25) is 0 Å². The monoisotopic (exact) mass is 366 g/mol. The molecule has 0 fully saturated rings. The van der Waals surface area contributed by atoms with Crippen molar-refractivity contribution in [3.63, 3.8) is 0 Å². The summed E-state index contributed by atoms with van der Waals surface area (Å²) in [6.45, 7) is 0. The van der Waals surface area contributed by atoms with Gasteiger partial charge in [0.05, 0.1) is 16.6 Å². The molecule has 1 aliphatic rings. The van der Waals surface area contributed by atoms with Crippen LogP contribution in [0.25, 0.3) is 0 Å². The molecule has 124 valence electrons. The molecule has 1 amide bonds. The number of hydrogen-bond donors (Lipinski definition) is 0. The molecule has 2 heterocycles. The summed E-state index contributed by atoms with van der Waals surface area (Å²) in [4.78, 5) is 13.6. The van der Waals surface area contributed by atoms with Crippen LogP contribution >= 0.6 is 22.9 Å². The van der Waals surface area contributed by atoms with Crippen molar-refractivity contribution in [2.24, 2.45) is 5.10 Å². The van der Waals surface area contributed by atoms with Gasteiger partial charge in [-0.25, -0.2) is 5.01 Å². The molecule has 0 N–H and O–H groups in total. The average molecular weight is 367 g/mol.